The number of methoxy groups -OCH3 is 1. The Morgan fingerprint density at radius 3 is 2.37 bits per heavy atom. The van der Waals surface area contributed by atoms with Crippen LogP contribution < -0.4 is 15.4 Å². The number of carbonyl (C=O) groups excluding carboxylic acids is 1. The number of pyridine rings is 1. The lowest BCUT2D eigenvalue weighted by Crippen LogP contribution is -2.26. The molecule has 0 saturated carbocycles. The Kier molecular flexibility index (Phi) is 6.38. The van der Waals surface area contributed by atoms with Gasteiger partial charge in [-0.3, -0.25) is 4.79 Å². The Balaban J connectivity index is 1.56. The zero-order valence-corrected chi connectivity index (χ0v) is 15.0. The van der Waals surface area contributed by atoms with Crippen molar-refractivity contribution in [2.24, 2.45) is 0 Å². The van der Waals surface area contributed by atoms with Crippen molar-refractivity contribution in [3.05, 3.63) is 78.5 Å². The van der Waals surface area contributed by atoms with Crippen molar-refractivity contribution in [3.8, 4) is 11.5 Å². The van der Waals surface area contributed by atoms with Crippen LogP contribution in [0.25, 0.3) is 0 Å². The Hall–Kier alpha value is -3.38. The van der Waals surface area contributed by atoms with E-state index in [1.165, 1.54) is 6.20 Å². The van der Waals surface area contributed by atoms with Gasteiger partial charge in [-0.15, -0.1) is 0 Å². The second-order valence-electron chi connectivity index (χ2n) is 5.75. The lowest BCUT2D eigenvalue weighted by molar-refractivity contribution is 0.0937. The topological polar surface area (TPSA) is 72.5 Å². The van der Waals surface area contributed by atoms with Crippen molar-refractivity contribution in [1.29, 1.82) is 0 Å². The summed E-state index contributed by atoms with van der Waals surface area (Å²) in [4.78, 5) is 16.2. The van der Waals surface area contributed by atoms with E-state index in [4.69, 9.17) is 9.47 Å². The highest BCUT2D eigenvalue weighted by molar-refractivity contribution is 5.94. The summed E-state index contributed by atoms with van der Waals surface area (Å²) >= 11 is 0. The number of ether oxygens (including phenoxy) is 2. The van der Waals surface area contributed by atoms with E-state index in [1.54, 1.807) is 19.2 Å². The van der Waals surface area contributed by atoms with Gasteiger partial charge < -0.3 is 20.1 Å². The molecule has 2 N–H and O–H groups in total. The zero-order chi connectivity index (χ0) is 18.9. The van der Waals surface area contributed by atoms with Gasteiger partial charge >= 0.3 is 0 Å². The van der Waals surface area contributed by atoms with Crippen LogP contribution in [0.4, 0.5) is 11.5 Å². The summed E-state index contributed by atoms with van der Waals surface area (Å²) in [6, 6.07) is 20.7. The fourth-order valence-corrected chi connectivity index (χ4v) is 2.35. The number of hydrogen-bond acceptors (Lipinski definition) is 5. The molecule has 1 heterocycles. The van der Waals surface area contributed by atoms with Gasteiger partial charge in [-0.1, -0.05) is 18.2 Å². The van der Waals surface area contributed by atoms with Crippen LogP contribution in [0, 0.1) is 0 Å². The smallest absolute Gasteiger partial charge is 0.252 e. The Labute approximate surface area is 158 Å². The Bertz CT molecular complexity index is 850. The monoisotopic (exact) mass is 363 g/mol. The van der Waals surface area contributed by atoms with Crippen molar-refractivity contribution in [3.63, 3.8) is 0 Å². The summed E-state index contributed by atoms with van der Waals surface area (Å²) < 4.78 is 10.7. The highest BCUT2D eigenvalue weighted by Crippen LogP contribution is 2.23. The number of hydrogen-bond donors (Lipinski definition) is 2. The SMILES string of the molecule is COCCNC(=O)c1ccc(Nc2ccc(Oc3ccccc3)cc2)nc1. The molecule has 0 fully saturated rings. The molecule has 2 aromatic carbocycles. The largest absolute Gasteiger partial charge is 0.457 e. The highest BCUT2D eigenvalue weighted by atomic mass is 16.5. The summed E-state index contributed by atoms with van der Waals surface area (Å²) in [5, 5.41) is 5.95. The number of nitrogens with zero attached hydrogens (tertiary/aromatic N) is 1. The molecule has 0 aliphatic carbocycles. The van der Waals surface area contributed by atoms with E-state index >= 15 is 0 Å². The van der Waals surface area contributed by atoms with Gasteiger partial charge in [0.15, 0.2) is 0 Å². The molecule has 0 radical (unpaired) electrons. The minimum atomic E-state index is -0.173. The quantitative estimate of drug-likeness (QED) is 0.592. The van der Waals surface area contributed by atoms with E-state index < -0.39 is 0 Å². The molecule has 6 heteroatoms. The number of carbonyl (C=O) groups is 1. The van der Waals surface area contributed by atoms with Crippen LogP contribution in [0.1, 0.15) is 10.4 Å². The van der Waals surface area contributed by atoms with E-state index in [0.29, 0.717) is 24.5 Å². The van der Waals surface area contributed by atoms with E-state index in [1.807, 2.05) is 54.6 Å². The first-order valence-corrected chi connectivity index (χ1v) is 8.58. The molecule has 27 heavy (non-hydrogen) atoms. The number of aromatic nitrogens is 1. The van der Waals surface area contributed by atoms with E-state index in [0.717, 1.165) is 17.2 Å². The predicted molar refractivity (Wildman–Crippen MR) is 105 cm³/mol. The Morgan fingerprint density at radius 2 is 1.70 bits per heavy atom. The van der Waals surface area contributed by atoms with Crippen molar-refractivity contribution in [1.82, 2.24) is 10.3 Å². The standard InChI is InChI=1S/C21H21N3O3/c1-26-14-13-22-21(25)16-7-12-20(23-15-16)24-17-8-10-19(11-9-17)27-18-5-3-2-4-6-18/h2-12,15H,13-14H2,1H3,(H,22,25)(H,23,24). The molecule has 1 amide bonds. The van der Waals surface area contributed by atoms with Crippen LogP contribution in [-0.2, 0) is 4.74 Å². The first-order valence-electron chi connectivity index (χ1n) is 8.58. The van der Waals surface area contributed by atoms with E-state index in [9.17, 15) is 4.79 Å². The molecule has 0 aliphatic heterocycles. The van der Waals surface area contributed by atoms with Crippen LogP contribution in [0.5, 0.6) is 11.5 Å². The van der Waals surface area contributed by atoms with Crippen LogP contribution in [0.2, 0.25) is 0 Å². The molecule has 1 aromatic heterocycles. The van der Waals surface area contributed by atoms with E-state index in [2.05, 4.69) is 15.6 Å². The molecule has 0 aliphatic rings. The summed E-state index contributed by atoms with van der Waals surface area (Å²) in [7, 11) is 1.59. The average molecular weight is 363 g/mol. The van der Waals surface area contributed by atoms with Crippen LogP contribution in [-0.4, -0.2) is 31.2 Å². The predicted octanol–water partition coefficient (Wildman–Crippen LogP) is 3.99. The second kappa shape index (κ2) is 9.35. The van der Waals surface area contributed by atoms with Crippen LogP contribution in [0.3, 0.4) is 0 Å². The minimum Gasteiger partial charge on any atom is -0.457 e. The summed E-state index contributed by atoms with van der Waals surface area (Å²) in [5.74, 6) is 2.02. The zero-order valence-electron chi connectivity index (χ0n) is 15.0. The van der Waals surface area contributed by atoms with E-state index in [-0.39, 0.29) is 5.91 Å². The first kappa shape index (κ1) is 18.4. The van der Waals surface area contributed by atoms with Gasteiger partial charge in [-0.25, -0.2) is 4.98 Å². The molecule has 0 spiro atoms. The van der Waals surface area contributed by atoms with Gasteiger partial charge in [-0.2, -0.15) is 0 Å². The fraction of sp³-hybridized carbons (Fsp3) is 0.143. The molecule has 138 valence electrons. The molecule has 3 aromatic rings. The van der Waals surface area contributed by atoms with Gasteiger partial charge in [0.1, 0.15) is 17.3 Å². The maximum absolute atomic E-state index is 11.9. The van der Waals surface area contributed by atoms with Crippen molar-refractivity contribution >= 4 is 17.4 Å². The van der Waals surface area contributed by atoms with Gasteiger partial charge in [-0.05, 0) is 48.5 Å². The van der Waals surface area contributed by atoms with Crippen LogP contribution >= 0.6 is 0 Å². The average Bonchev–Trinajstić information content (AvgIpc) is 2.71. The molecule has 0 atom stereocenters. The lowest BCUT2D eigenvalue weighted by Gasteiger charge is -2.09. The molecular weight excluding hydrogens is 342 g/mol. The third-order valence-corrected chi connectivity index (χ3v) is 3.72. The van der Waals surface area contributed by atoms with Crippen molar-refractivity contribution < 1.29 is 14.3 Å². The van der Waals surface area contributed by atoms with Gasteiger partial charge in [0.2, 0.25) is 0 Å². The van der Waals surface area contributed by atoms with Crippen molar-refractivity contribution in [2.45, 2.75) is 0 Å². The number of benzene rings is 2. The molecule has 0 unspecified atom stereocenters. The number of para-hydroxylation sites is 1. The molecule has 3 rings (SSSR count). The molecule has 0 saturated heterocycles. The molecule has 6 nitrogen and oxygen atoms in total. The minimum absolute atomic E-state index is 0.173. The summed E-state index contributed by atoms with van der Waals surface area (Å²) in [6.07, 6.45) is 1.54. The second-order valence-corrected chi connectivity index (χ2v) is 5.75. The maximum Gasteiger partial charge on any atom is 0.252 e. The van der Waals surface area contributed by atoms with Gasteiger partial charge in [0.25, 0.3) is 5.91 Å². The molecular formula is C21H21N3O3. The summed E-state index contributed by atoms with van der Waals surface area (Å²) in [6.45, 7) is 0.940. The Morgan fingerprint density at radius 1 is 0.963 bits per heavy atom. The van der Waals surface area contributed by atoms with Crippen LogP contribution in [0.15, 0.2) is 72.9 Å². The third-order valence-electron chi connectivity index (χ3n) is 3.72. The molecule has 0 bridgehead atoms. The lowest BCUT2D eigenvalue weighted by atomic mass is 10.2. The number of rotatable bonds is 8. The fourth-order valence-electron chi connectivity index (χ4n) is 2.35. The number of nitrogens with one attached hydrogen (secondary N) is 2. The van der Waals surface area contributed by atoms with Crippen molar-refractivity contribution in [2.75, 3.05) is 25.6 Å². The maximum atomic E-state index is 11.9. The number of anilines is 2. The highest BCUT2D eigenvalue weighted by Gasteiger charge is 2.06. The van der Waals surface area contributed by atoms with Gasteiger partial charge in [0, 0.05) is 25.5 Å². The first-order chi connectivity index (χ1) is 13.2. The third kappa shape index (κ3) is 5.55. The summed E-state index contributed by atoms with van der Waals surface area (Å²) in [5.41, 5.74) is 1.38. The number of amides is 1. The van der Waals surface area contributed by atoms with Gasteiger partial charge in [0.05, 0.1) is 12.2 Å². The normalized spacial score (nSPS) is 10.3.